The van der Waals surface area contributed by atoms with E-state index >= 15 is 0 Å². The molecule has 3 nitrogen and oxygen atoms in total. The number of benzene rings is 3. The zero-order chi connectivity index (χ0) is 18.5. The summed E-state index contributed by atoms with van der Waals surface area (Å²) < 4.78 is 0. The van der Waals surface area contributed by atoms with E-state index in [1.165, 1.54) is 16.7 Å². The van der Waals surface area contributed by atoms with E-state index in [0.717, 1.165) is 30.2 Å². The maximum Gasteiger partial charge on any atom is 0.120 e. The predicted molar refractivity (Wildman–Crippen MR) is 111 cm³/mol. The lowest BCUT2D eigenvalue weighted by Gasteiger charge is -2.15. The summed E-state index contributed by atoms with van der Waals surface area (Å²) in [5.41, 5.74) is 5.97. The fraction of sp³-hybridized carbons (Fsp3) is 0.125. The van der Waals surface area contributed by atoms with E-state index in [4.69, 9.17) is 0 Å². The lowest BCUT2D eigenvalue weighted by molar-refractivity contribution is 0.311. The van der Waals surface area contributed by atoms with Crippen molar-refractivity contribution in [3.8, 4) is 22.4 Å². The Morgan fingerprint density at radius 2 is 1.30 bits per heavy atom. The lowest BCUT2D eigenvalue weighted by atomic mass is 10.0. The van der Waals surface area contributed by atoms with Crippen LogP contribution in [0.4, 0.5) is 0 Å². The molecule has 0 aliphatic rings. The third-order valence-electron chi connectivity index (χ3n) is 4.65. The zero-order valence-electron chi connectivity index (χ0n) is 15.5. The van der Waals surface area contributed by atoms with Gasteiger partial charge < -0.3 is 4.98 Å². The molecule has 0 spiro atoms. The van der Waals surface area contributed by atoms with Gasteiger partial charge in [-0.1, -0.05) is 84.9 Å². The molecule has 0 fully saturated rings. The summed E-state index contributed by atoms with van der Waals surface area (Å²) in [6, 6.07) is 29.5. The molecule has 0 radical (unpaired) electrons. The summed E-state index contributed by atoms with van der Waals surface area (Å²) in [6.07, 6.45) is 1.92. The van der Waals surface area contributed by atoms with Crippen LogP contribution in [0.5, 0.6) is 0 Å². The van der Waals surface area contributed by atoms with Crippen LogP contribution in [0.15, 0.2) is 91.1 Å². The summed E-state index contributed by atoms with van der Waals surface area (Å²) in [7, 11) is 2.11. The highest BCUT2D eigenvalue weighted by atomic mass is 15.1. The molecular formula is C24H23N3. The van der Waals surface area contributed by atoms with Crippen LogP contribution >= 0.6 is 0 Å². The first-order chi connectivity index (χ1) is 13.3. The van der Waals surface area contributed by atoms with Crippen LogP contribution < -0.4 is 0 Å². The van der Waals surface area contributed by atoms with Gasteiger partial charge in [0.1, 0.15) is 5.82 Å². The maximum atomic E-state index is 4.56. The molecule has 0 saturated carbocycles. The fourth-order valence-corrected chi connectivity index (χ4v) is 3.27. The van der Waals surface area contributed by atoms with Crippen molar-refractivity contribution in [2.45, 2.75) is 13.1 Å². The SMILES string of the molecule is CN(Cc1ccccc1)Cc1ncc(-c2ccc(-c3ccccc3)cc2)[nH]1. The molecule has 0 unspecified atom stereocenters. The molecule has 1 N–H and O–H groups in total. The average Bonchev–Trinajstić information content (AvgIpc) is 3.18. The van der Waals surface area contributed by atoms with E-state index in [0.29, 0.717) is 0 Å². The van der Waals surface area contributed by atoms with Gasteiger partial charge in [0.05, 0.1) is 18.4 Å². The third kappa shape index (κ3) is 4.33. The molecular weight excluding hydrogens is 330 g/mol. The van der Waals surface area contributed by atoms with E-state index in [2.05, 4.69) is 94.7 Å². The minimum atomic E-state index is 0.789. The molecule has 0 bridgehead atoms. The van der Waals surface area contributed by atoms with E-state index < -0.39 is 0 Å². The van der Waals surface area contributed by atoms with Crippen LogP contribution in [0, 0.1) is 0 Å². The number of nitrogens with one attached hydrogen (secondary N) is 1. The van der Waals surface area contributed by atoms with Crippen LogP contribution in [-0.4, -0.2) is 21.9 Å². The molecule has 4 rings (SSSR count). The molecule has 0 aliphatic heterocycles. The Morgan fingerprint density at radius 1 is 0.704 bits per heavy atom. The number of rotatable bonds is 6. The Balaban J connectivity index is 1.43. The molecule has 0 atom stereocenters. The van der Waals surface area contributed by atoms with Gasteiger partial charge in [-0.05, 0) is 29.3 Å². The first kappa shape index (κ1) is 17.3. The minimum Gasteiger partial charge on any atom is -0.341 e. The largest absolute Gasteiger partial charge is 0.341 e. The average molecular weight is 353 g/mol. The second-order valence-corrected chi connectivity index (χ2v) is 6.84. The molecule has 0 aliphatic carbocycles. The fourth-order valence-electron chi connectivity index (χ4n) is 3.27. The van der Waals surface area contributed by atoms with Gasteiger partial charge in [-0.3, -0.25) is 4.90 Å². The van der Waals surface area contributed by atoms with Crippen molar-refractivity contribution in [2.24, 2.45) is 0 Å². The Morgan fingerprint density at radius 3 is 2.00 bits per heavy atom. The van der Waals surface area contributed by atoms with Gasteiger partial charge in [0, 0.05) is 6.54 Å². The smallest absolute Gasteiger partial charge is 0.120 e. The van der Waals surface area contributed by atoms with Crippen LogP contribution in [-0.2, 0) is 13.1 Å². The summed E-state index contributed by atoms with van der Waals surface area (Å²) >= 11 is 0. The van der Waals surface area contributed by atoms with Crippen LogP contribution in [0.3, 0.4) is 0 Å². The summed E-state index contributed by atoms with van der Waals surface area (Å²) in [6.45, 7) is 1.69. The third-order valence-corrected chi connectivity index (χ3v) is 4.65. The number of H-pyrrole nitrogens is 1. The molecule has 3 heteroatoms. The van der Waals surface area contributed by atoms with Crippen molar-refractivity contribution in [3.05, 3.63) is 103 Å². The van der Waals surface area contributed by atoms with Gasteiger partial charge in [0.2, 0.25) is 0 Å². The van der Waals surface area contributed by atoms with Crippen molar-refractivity contribution < 1.29 is 0 Å². The Labute approximate surface area is 160 Å². The predicted octanol–water partition coefficient (Wildman–Crippen LogP) is 5.38. The molecule has 0 amide bonds. The van der Waals surface area contributed by atoms with Crippen molar-refractivity contribution in [2.75, 3.05) is 7.05 Å². The topological polar surface area (TPSA) is 31.9 Å². The molecule has 1 heterocycles. The highest BCUT2D eigenvalue weighted by Crippen LogP contribution is 2.24. The van der Waals surface area contributed by atoms with Crippen molar-refractivity contribution >= 4 is 0 Å². The Bertz CT molecular complexity index is 973. The molecule has 0 saturated heterocycles. The maximum absolute atomic E-state index is 4.56. The Kier molecular flexibility index (Phi) is 5.13. The first-order valence-electron chi connectivity index (χ1n) is 9.20. The second kappa shape index (κ2) is 8.02. The van der Waals surface area contributed by atoms with Gasteiger partial charge in [-0.25, -0.2) is 4.98 Å². The number of nitrogens with zero attached hydrogens (tertiary/aromatic N) is 2. The lowest BCUT2D eigenvalue weighted by Crippen LogP contribution is -2.17. The van der Waals surface area contributed by atoms with Crippen LogP contribution in [0.1, 0.15) is 11.4 Å². The summed E-state index contributed by atoms with van der Waals surface area (Å²) in [5, 5.41) is 0. The quantitative estimate of drug-likeness (QED) is 0.505. The van der Waals surface area contributed by atoms with Crippen LogP contribution in [0.2, 0.25) is 0 Å². The van der Waals surface area contributed by atoms with E-state index in [-0.39, 0.29) is 0 Å². The van der Waals surface area contributed by atoms with Crippen molar-refractivity contribution in [1.82, 2.24) is 14.9 Å². The van der Waals surface area contributed by atoms with E-state index in [1.54, 1.807) is 0 Å². The summed E-state index contributed by atoms with van der Waals surface area (Å²) in [5.74, 6) is 0.982. The van der Waals surface area contributed by atoms with Gasteiger partial charge >= 0.3 is 0 Å². The monoisotopic (exact) mass is 353 g/mol. The molecule has 27 heavy (non-hydrogen) atoms. The number of imidazole rings is 1. The van der Waals surface area contributed by atoms with Crippen molar-refractivity contribution in [3.63, 3.8) is 0 Å². The summed E-state index contributed by atoms with van der Waals surface area (Å²) in [4.78, 5) is 10.3. The number of aromatic amines is 1. The van der Waals surface area contributed by atoms with E-state index in [9.17, 15) is 0 Å². The van der Waals surface area contributed by atoms with Crippen molar-refractivity contribution in [1.29, 1.82) is 0 Å². The minimum absolute atomic E-state index is 0.789. The van der Waals surface area contributed by atoms with E-state index in [1.807, 2.05) is 18.3 Å². The van der Waals surface area contributed by atoms with Gasteiger partial charge in [0.25, 0.3) is 0 Å². The molecule has 3 aromatic carbocycles. The number of hydrogen-bond acceptors (Lipinski definition) is 2. The zero-order valence-corrected chi connectivity index (χ0v) is 15.5. The Hall–Kier alpha value is -3.17. The van der Waals surface area contributed by atoms with Crippen LogP contribution in [0.25, 0.3) is 22.4 Å². The highest BCUT2D eigenvalue weighted by molar-refractivity contribution is 5.68. The van der Waals surface area contributed by atoms with Gasteiger partial charge in [-0.15, -0.1) is 0 Å². The van der Waals surface area contributed by atoms with Gasteiger partial charge in [-0.2, -0.15) is 0 Å². The highest BCUT2D eigenvalue weighted by Gasteiger charge is 2.07. The van der Waals surface area contributed by atoms with Gasteiger partial charge in [0.15, 0.2) is 0 Å². The standard InChI is InChI=1S/C24H23N3/c1-27(17-19-8-4-2-5-9-19)18-24-25-16-23(26-24)22-14-12-21(13-15-22)20-10-6-3-7-11-20/h2-16H,17-18H2,1H3,(H,25,26). The molecule has 4 aromatic rings. The molecule has 1 aromatic heterocycles. The normalized spacial score (nSPS) is 11.0. The number of aromatic nitrogens is 2. The first-order valence-corrected chi connectivity index (χ1v) is 9.20. The second-order valence-electron chi connectivity index (χ2n) is 6.84. The number of hydrogen-bond donors (Lipinski definition) is 1. The molecule has 134 valence electrons.